The third kappa shape index (κ3) is 3.42. The van der Waals surface area contributed by atoms with Gasteiger partial charge in [-0.15, -0.1) is 0 Å². The summed E-state index contributed by atoms with van der Waals surface area (Å²) in [6, 6.07) is 0. The fourth-order valence-electron chi connectivity index (χ4n) is 2.37. The van der Waals surface area contributed by atoms with Gasteiger partial charge < -0.3 is 5.73 Å². The second-order valence-corrected chi connectivity index (χ2v) is 16.4. The molecule has 0 fully saturated rings. The zero-order chi connectivity index (χ0) is 11.7. The van der Waals surface area contributed by atoms with E-state index in [1.54, 1.807) is 0 Å². The molecule has 0 radical (unpaired) electrons. The molecule has 0 aliphatic heterocycles. The van der Waals surface area contributed by atoms with Gasteiger partial charge in [0.25, 0.3) is 0 Å². The Labute approximate surface area is 89.6 Å². The maximum absolute atomic E-state index is 11.2. The Balaban J connectivity index is 5.57. The van der Waals surface area contributed by atoms with Gasteiger partial charge in [-0.25, -0.2) is 0 Å². The van der Waals surface area contributed by atoms with E-state index in [1.165, 1.54) is 4.82 Å². The van der Waals surface area contributed by atoms with Crippen LogP contribution in [0.2, 0.25) is 39.3 Å². The van der Waals surface area contributed by atoms with Crippen molar-refractivity contribution in [1.29, 1.82) is 0 Å². The summed E-state index contributed by atoms with van der Waals surface area (Å²) in [6.45, 7) is 15.6. The summed E-state index contributed by atoms with van der Waals surface area (Å²) in [6.07, 6.45) is 0. The fourth-order valence-corrected chi connectivity index (χ4v) is 13.9. The first-order valence-electron chi connectivity index (χ1n) is 4.99. The van der Waals surface area contributed by atoms with Crippen LogP contribution in [0.4, 0.5) is 0 Å². The second kappa shape index (κ2) is 4.02. The lowest BCUT2D eigenvalue weighted by atomic mass is 10.3. The number of amides is 1. The Morgan fingerprint density at radius 2 is 1.21 bits per heavy atom. The van der Waals surface area contributed by atoms with Crippen LogP contribution in [0.25, 0.3) is 0 Å². The van der Waals surface area contributed by atoms with Crippen LogP contribution in [0.1, 0.15) is 6.92 Å². The molecule has 0 saturated heterocycles. The van der Waals surface area contributed by atoms with Gasteiger partial charge in [0.15, 0.2) is 0 Å². The third-order valence-corrected chi connectivity index (χ3v) is 10.5. The Bertz CT molecular complexity index is 253. The predicted octanol–water partition coefficient (Wildman–Crippen LogP) is 2.54. The lowest BCUT2D eigenvalue weighted by molar-refractivity contribution is -0.114. The van der Waals surface area contributed by atoms with Crippen LogP contribution in [0.3, 0.4) is 0 Å². The minimum Gasteiger partial charge on any atom is -0.366 e. The van der Waals surface area contributed by atoms with E-state index in [0.29, 0.717) is 0 Å². The van der Waals surface area contributed by atoms with Crippen LogP contribution in [0, 0.1) is 0 Å². The molecule has 0 aliphatic carbocycles. The molecule has 0 heterocycles. The first-order valence-corrected chi connectivity index (χ1v) is 12.0. The Morgan fingerprint density at radius 1 is 0.929 bits per heavy atom. The van der Waals surface area contributed by atoms with E-state index in [4.69, 9.17) is 5.73 Å². The molecule has 0 aromatic carbocycles. The summed E-state index contributed by atoms with van der Waals surface area (Å²) < 4.78 is 0. The van der Waals surface area contributed by atoms with Crippen molar-refractivity contribution in [3.63, 3.8) is 0 Å². The minimum absolute atomic E-state index is 0.246. The molecular formula is C10H23NOSi2. The number of nitrogens with two attached hydrogens (primary N) is 1. The Kier molecular flexibility index (Phi) is 3.92. The van der Waals surface area contributed by atoms with Crippen molar-refractivity contribution in [2.24, 2.45) is 5.73 Å². The minimum atomic E-state index is -1.41. The summed E-state index contributed by atoms with van der Waals surface area (Å²) in [4.78, 5) is 12.7. The SMILES string of the molecule is CC(C(N)=O)=C([Si](C)(C)C)[Si](C)(C)C. The average Bonchev–Trinajstić information content (AvgIpc) is 1.79. The molecule has 2 nitrogen and oxygen atoms in total. The smallest absolute Gasteiger partial charge is 0.243 e. The predicted molar refractivity (Wildman–Crippen MR) is 68.6 cm³/mol. The molecule has 0 spiro atoms. The molecule has 0 aromatic rings. The van der Waals surface area contributed by atoms with Gasteiger partial charge in [0, 0.05) is 5.57 Å². The molecule has 14 heavy (non-hydrogen) atoms. The van der Waals surface area contributed by atoms with Crippen LogP contribution in [0.15, 0.2) is 10.4 Å². The summed E-state index contributed by atoms with van der Waals surface area (Å²) in [5.74, 6) is -0.246. The molecule has 4 heteroatoms. The van der Waals surface area contributed by atoms with Crippen LogP contribution in [-0.2, 0) is 4.79 Å². The molecule has 2 N–H and O–H groups in total. The zero-order valence-corrected chi connectivity index (χ0v) is 12.5. The monoisotopic (exact) mass is 229 g/mol. The maximum atomic E-state index is 11.2. The first kappa shape index (κ1) is 13.6. The van der Waals surface area contributed by atoms with Crippen molar-refractivity contribution in [3.8, 4) is 0 Å². The number of rotatable bonds is 3. The molecule has 1 amide bonds. The lowest BCUT2D eigenvalue weighted by Gasteiger charge is -2.32. The van der Waals surface area contributed by atoms with Gasteiger partial charge in [-0.3, -0.25) is 4.79 Å². The number of hydrogen-bond donors (Lipinski definition) is 1. The van der Waals surface area contributed by atoms with Crippen LogP contribution in [0.5, 0.6) is 0 Å². The molecule has 0 aromatic heterocycles. The fraction of sp³-hybridized carbons (Fsp3) is 0.700. The highest BCUT2D eigenvalue weighted by Crippen LogP contribution is 2.28. The average molecular weight is 229 g/mol. The number of primary amides is 1. The molecule has 0 atom stereocenters. The van der Waals surface area contributed by atoms with E-state index < -0.39 is 16.1 Å². The van der Waals surface area contributed by atoms with E-state index in [2.05, 4.69) is 39.3 Å². The highest BCUT2D eigenvalue weighted by Gasteiger charge is 2.33. The molecule has 0 saturated carbocycles. The van der Waals surface area contributed by atoms with Crippen LogP contribution < -0.4 is 5.73 Å². The lowest BCUT2D eigenvalue weighted by Crippen LogP contribution is -2.42. The van der Waals surface area contributed by atoms with Gasteiger partial charge in [-0.1, -0.05) is 44.1 Å². The molecular weight excluding hydrogens is 206 g/mol. The maximum Gasteiger partial charge on any atom is 0.243 e. The third-order valence-electron chi connectivity index (χ3n) is 2.24. The van der Waals surface area contributed by atoms with E-state index in [-0.39, 0.29) is 5.91 Å². The summed E-state index contributed by atoms with van der Waals surface area (Å²) >= 11 is 0. The molecule has 0 unspecified atom stereocenters. The van der Waals surface area contributed by atoms with Crippen LogP contribution in [-0.4, -0.2) is 22.1 Å². The van der Waals surface area contributed by atoms with E-state index >= 15 is 0 Å². The van der Waals surface area contributed by atoms with Crippen molar-refractivity contribution >= 4 is 22.1 Å². The molecule has 82 valence electrons. The van der Waals surface area contributed by atoms with Crippen molar-refractivity contribution in [3.05, 3.63) is 10.4 Å². The van der Waals surface area contributed by atoms with Crippen molar-refractivity contribution in [2.75, 3.05) is 0 Å². The number of carbonyl (C=O) groups is 1. The highest BCUT2D eigenvalue weighted by atomic mass is 28.4. The number of hydrogen-bond acceptors (Lipinski definition) is 1. The van der Waals surface area contributed by atoms with Gasteiger partial charge in [-0.2, -0.15) is 0 Å². The highest BCUT2D eigenvalue weighted by molar-refractivity contribution is 7.05. The summed E-state index contributed by atoms with van der Waals surface area (Å²) in [5, 5.41) is 0. The summed E-state index contributed by atoms with van der Waals surface area (Å²) in [7, 11) is -2.81. The first-order chi connectivity index (χ1) is 5.98. The Morgan fingerprint density at radius 3 is 1.29 bits per heavy atom. The summed E-state index contributed by atoms with van der Waals surface area (Å²) in [5.41, 5.74) is 6.20. The largest absolute Gasteiger partial charge is 0.366 e. The quantitative estimate of drug-likeness (QED) is 0.586. The van der Waals surface area contributed by atoms with Crippen molar-refractivity contribution in [1.82, 2.24) is 0 Å². The normalized spacial score (nSPS) is 12.5. The molecule has 0 rings (SSSR count). The van der Waals surface area contributed by atoms with Gasteiger partial charge in [-0.05, 0) is 6.92 Å². The van der Waals surface area contributed by atoms with Crippen LogP contribution >= 0.6 is 0 Å². The van der Waals surface area contributed by atoms with Gasteiger partial charge >= 0.3 is 0 Å². The van der Waals surface area contributed by atoms with E-state index in [9.17, 15) is 4.79 Å². The van der Waals surface area contributed by atoms with Gasteiger partial charge in [0.2, 0.25) is 5.91 Å². The van der Waals surface area contributed by atoms with Crippen molar-refractivity contribution < 1.29 is 4.79 Å². The molecule has 0 bridgehead atoms. The van der Waals surface area contributed by atoms with E-state index in [1.807, 2.05) is 6.92 Å². The van der Waals surface area contributed by atoms with Gasteiger partial charge in [0.05, 0.1) is 16.1 Å². The molecule has 0 aliphatic rings. The standard InChI is InChI=1S/C10H23NOSi2/c1-8(9(11)12)10(13(2,3)4)14(5,6)7/h1-7H3,(H2,11,12). The number of carbonyl (C=O) groups excluding carboxylic acids is 1. The second-order valence-electron chi connectivity index (χ2n) is 5.86. The van der Waals surface area contributed by atoms with Gasteiger partial charge in [0.1, 0.15) is 0 Å². The van der Waals surface area contributed by atoms with E-state index in [0.717, 1.165) is 5.57 Å². The topological polar surface area (TPSA) is 43.1 Å². The Hall–Kier alpha value is -0.356. The van der Waals surface area contributed by atoms with Crippen molar-refractivity contribution in [2.45, 2.75) is 46.2 Å². The zero-order valence-electron chi connectivity index (χ0n) is 10.5.